The zero-order valence-electron chi connectivity index (χ0n) is 12.8. The second kappa shape index (κ2) is 6.25. The van der Waals surface area contributed by atoms with Crippen LogP contribution in [-0.2, 0) is 0 Å². The Morgan fingerprint density at radius 2 is 1.95 bits per heavy atom. The Bertz CT molecular complexity index is 416. The molecule has 0 amide bonds. The molecule has 0 spiro atoms. The molecule has 20 heavy (non-hydrogen) atoms. The summed E-state index contributed by atoms with van der Waals surface area (Å²) < 4.78 is 0. The highest BCUT2D eigenvalue weighted by Crippen LogP contribution is 2.34. The Labute approximate surface area is 123 Å². The van der Waals surface area contributed by atoms with Gasteiger partial charge in [0.05, 0.1) is 0 Å². The van der Waals surface area contributed by atoms with Gasteiger partial charge in [-0.25, -0.2) is 0 Å². The first-order valence-electron chi connectivity index (χ1n) is 7.92. The highest BCUT2D eigenvalue weighted by molar-refractivity contribution is 5.20. The maximum absolute atomic E-state index is 3.54. The maximum atomic E-state index is 3.54. The molecule has 2 unspecified atom stereocenters. The molecule has 3 heteroatoms. The molecule has 0 aromatic heterocycles. The van der Waals surface area contributed by atoms with Gasteiger partial charge in [-0.2, -0.15) is 0 Å². The fourth-order valence-corrected chi connectivity index (χ4v) is 3.39. The van der Waals surface area contributed by atoms with Crippen LogP contribution in [-0.4, -0.2) is 56.1 Å². The average molecular weight is 273 g/mol. The lowest BCUT2D eigenvalue weighted by atomic mass is 10.0. The SMILES string of the molecule is CNC(CN1CCN(C)CC1c1ccccc1)C1CC1. The van der Waals surface area contributed by atoms with E-state index in [1.807, 2.05) is 0 Å². The lowest BCUT2D eigenvalue weighted by molar-refractivity contribution is 0.0788. The molecule has 0 bridgehead atoms. The van der Waals surface area contributed by atoms with Gasteiger partial charge in [-0.15, -0.1) is 0 Å². The van der Waals surface area contributed by atoms with E-state index < -0.39 is 0 Å². The molecule has 1 heterocycles. The molecule has 1 saturated heterocycles. The van der Waals surface area contributed by atoms with Gasteiger partial charge >= 0.3 is 0 Å². The number of hydrogen-bond acceptors (Lipinski definition) is 3. The van der Waals surface area contributed by atoms with Gasteiger partial charge in [0, 0.05) is 38.3 Å². The summed E-state index contributed by atoms with van der Waals surface area (Å²) >= 11 is 0. The van der Waals surface area contributed by atoms with Crippen LogP contribution in [0.15, 0.2) is 30.3 Å². The van der Waals surface area contributed by atoms with Gasteiger partial charge in [-0.1, -0.05) is 30.3 Å². The maximum Gasteiger partial charge on any atom is 0.0476 e. The summed E-state index contributed by atoms with van der Waals surface area (Å²) in [7, 11) is 4.36. The van der Waals surface area contributed by atoms with Gasteiger partial charge < -0.3 is 10.2 Å². The van der Waals surface area contributed by atoms with Gasteiger partial charge in [0.15, 0.2) is 0 Å². The van der Waals surface area contributed by atoms with Crippen molar-refractivity contribution in [2.24, 2.45) is 5.92 Å². The van der Waals surface area contributed by atoms with Gasteiger partial charge in [-0.3, -0.25) is 4.90 Å². The summed E-state index contributed by atoms with van der Waals surface area (Å²) in [6.07, 6.45) is 2.82. The van der Waals surface area contributed by atoms with E-state index in [9.17, 15) is 0 Å². The van der Waals surface area contributed by atoms with E-state index in [2.05, 4.69) is 59.5 Å². The van der Waals surface area contributed by atoms with Gasteiger partial charge in [0.25, 0.3) is 0 Å². The van der Waals surface area contributed by atoms with E-state index in [4.69, 9.17) is 0 Å². The van der Waals surface area contributed by atoms with Crippen LogP contribution in [0.2, 0.25) is 0 Å². The van der Waals surface area contributed by atoms with Gasteiger partial charge in [-0.05, 0) is 38.4 Å². The van der Waals surface area contributed by atoms with E-state index in [1.54, 1.807) is 0 Å². The summed E-state index contributed by atoms with van der Waals surface area (Å²) in [5.74, 6) is 0.913. The highest BCUT2D eigenvalue weighted by Gasteiger charge is 2.34. The van der Waals surface area contributed by atoms with Crippen molar-refractivity contribution in [3.63, 3.8) is 0 Å². The number of hydrogen-bond donors (Lipinski definition) is 1. The summed E-state index contributed by atoms with van der Waals surface area (Å²) in [6.45, 7) is 4.70. The lowest BCUT2D eigenvalue weighted by Gasteiger charge is -2.42. The van der Waals surface area contributed by atoms with Crippen LogP contribution in [0, 0.1) is 5.92 Å². The number of likely N-dealkylation sites (N-methyl/N-ethyl adjacent to an activating group) is 2. The number of benzene rings is 1. The first-order chi connectivity index (χ1) is 9.78. The van der Waals surface area contributed by atoms with Crippen LogP contribution in [0.4, 0.5) is 0 Å². The molecule has 2 fully saturated rings. The summed E-state index contributed by atoms with van der Waals surface area (Å²) in [5.41, 5.74) is 1.46. The number of nitrogens with zero attached hydrogens (tertiary/aromatic N) is 2. The fraction of sp³-hybridized carbons (Fsp3) is 0.647. The third kappa shape index (κ3) is 3.22. The third-order valence-corrected chi connectivity index (χ3v) is 4.87. The van der Waals surface area contributed by atoms with Crippen LogP contribution in [0.25, 0.3) is 0 Å². The first-order valence-corrected chi connectivity index (χ1v) is 7.92. The molecule has 1 N–H and O–H groups in total. The van der Waals surface area contributed by atoms with Crippen molar-refractivity contribution in [3.05, 3.63) is 35.9 Å². The normalized spacial score (nSPS) is 26.6. The van der Waals surface area contributed by atoms with E-state index in [0.717, 1.165) is 12.5 Å². The Hall–Kier alpha value is -0.900. The minimum Gasteiger partial charge on any atom is -0.315 e. The molecule has 1 aliphatic carbocycles. The molecule has 2 atom stereocenters. The van der Waals surface area contributed by atoms with Crippen molar-refractivity contribution >= 4 is 0 Å². The molecule has 3 nitrogen and oxygen atoms in total. The zero-order valence-corrected chi connectivity index (χ0v) is 12.8. The Morgan fingerprint density at radius 1 is 1.20 bits per heavy atom. The van der Waals surface area contributed by atoms with E-state index in [-0.39, 0.29) is 0 Å². The molecule has 1 aliphatic heterocycles. The molecule has 1 saturated carbocycles. The molecule has 1 aromatic carbocycles. The minimum atomic E-state index is 0.546. The Balaban J connectivity index is 1.72. The molecule has 1 aromatic rings. The van der Waals surface area contributed by atoms with Crippen LogP contribution in [0.3, 0.4) is 0 Å². The van der Waals surface area contributed by atoms with Crippen molar-refractivity contribution in [1.82, 2.24) is 15.1 Å². The van der Waals surface area contributed by atoms with Gasteiger partial charge in [0.1, 0.15) is 0 Å². The largest absolute Gasteiger partial charge is 0.315 e. The smallest absolute Gasteiger partial charge is 0.0476 e. The quantitative estimate of drug-likeness (QED) is 0.885. The van der Waals surface area contributed by atoms with Crippen LogP contribution < -0.4 is 5.32 Å². The van der Waals surface area contributed by atoms with Crippen molar-refractivity contribution in [2.75, 3.05) is 40.3 Å². The lowest BCUT2D eigenvalue weighted by Crippen LogP contribution is -2.51. The molecule has 110 valence electrons. The van der Waals surface area contributed by atoms with Crippen LogP contribution in [0.1, 0.15) is 24.4 Å². The van der Waals surface area contributed by atoms with Crippen LogP contribution >= 0.6 is 0 Å². The molecule has 3 rings (SSSR count). The number of nitrogens with one attached hydrogen (secondary N) is 1. The number of rotatable bonds is 5. The zero-order chi connectivity index (χ0) is 13.9. The number of piperazine rings is 1. The predicted octanol–water partition coefficient (Wildman–Crippen LogP) is 1.97. The van der Waals surface area contributed by atoms with Crippen molar-refractivity contribution in [3.8, 4) is 0 Å². The monoisotopic (exact) mass is 273 g/mol. The summed E-state index contributed by atoms with van der Waals surface area (Å²) in [5, 5.41) is 3.54. The highest BCUT2D eigenvalue weighted by atomic mass is 15.3. The minimum absolute atomic E-state index is 0.546. The van der Waals surface area contributed by atoms with Crippen LogP contribution in [0.5, 0.6) is 0 Å². The third-order valence-electron chi connectivity index (χ3n) is 4.87. The van der Waals surface area contributed by atoms with Crippen molar-refractivity contribution < 1.29 is 0 Å². The topological polar surface area (TPSA) is 18.5 Å². The standard InChI is InChI=1S/C17H27N3/c1-18-16(14-8-9-14)12-20-11-10-19(2)13-17(20)15-6-4-3-5-7-15/h3-7,14,16-18H,8-13H2,1-2H3. The second-order valence-corrected chi connectivity index (χ2v) is 6.42. The fourth-order valence-electron chi connectivity index (χ4n) is 3.39. The molecular weight excluding hydrogens is 246 g/mol. The summed E-state index contributed by atoms with van der Waals surface area (Å²) in [6, 6.07) is 12.2. The molecule has 0 radical (unpaired) electrons. The predicted molar refractivity (Wildman–Crippen MR) is 83.8 cm³/mol. The van der Waals surface area contributed by atoms with Gasteiger partial charge in [0.2, 0.25) is 0 Å². The van der Waals surface area contributed by atoms with E-state index >= 15 is 0 Å². The molecular formula is C17H27N3. The Kier molecular flexibility index (Phi) is 4.39. The summed E-state index contributed by atoms with van der Waals surface area (Å²) in [4.78, 5) is 5.15. The van der Waals surface area contributed by atoms with Crippen molar-refractivity contribution in [2.45, 2.75) is 24.9 Å². The van der Waals surface area contributed by atoms with E-state index in [1.165, 1.54) is 38.0 Å². The Morgan fingerprint density at radius 3 is 2.60 bits per heavy atom. The second-order valence-electron chi connectivity index (χ2n) is 6.42. The molecule has 2 aliphatic rings. The average Bonchev–Trinajstić information content (AvgIpc) is 3.31. The van der Waals surface area contributed by atoms with E-state index in [0.29, 0.717) is 12.1 Å². The first kappa shape index (κ1) is 14.1. The van der Waals surface area contributed by atoms with Crippen molar-refractivity contribution in [1.29, 1.82) is 0 Å².